The van der Waals surface area contributed by atoms with Gasteiger partial charge in [-0.05, 0) is 25.0 Å². The van der Waals surface area contributed by atoms with Crippen molar-refractivity contribution in [1.29, 1.82) is 0 Å². The summed E-state index contributed by atoms with van der Waals surface area (Å²) in [6.45, 7) is 3.12. The molecule has 2 aliphatic heterocycles. The van der Waals surface area contributed by atoms with Crippen LogP contribution in [0.25, 0.3) is 0 Å². The Morgan fingerprint density at radius 2 is 2.08 bits per heavy atom. The number of nitro benzene ring substituents is 1. The molecular weight excluding hydrogens is 348 g/mol. The summed E-state index contributed by atoms with van der Waals surface area (Å²) >= 11 is 0. The van der Waals surface area contributed by atoms with E-state index in [2.05, 4.69) is 10.6 Å². The Morgan fingerprint density at radius 1 is 1.36 bits per heavy atom. The van der Waals surface area contributed by atoms with Crippen molar-refractivity contribution in [2.75, 3.05) is 37.6 Å². The fraction of sp³-hybridized carbons (Fsp3) is 0.562. The van der Waals surface area contributed by atoms with E-state index in [4.69, 9.17) is 0 Å². The number of hydrogen-bond acceptors (Lipinski definition) is 6. The molecule has 0 bridgehead atoms. The van der Waals surface area contributed by atoms with E-state index >= 15 is 0 Å². The second-order valence-corrected chi connectivity index (χ2v) is 6.35. The second-order valence-electron chi connectivity index (χ2n) is 6.35. The van der Waals surface area contributed by atoms with Crippen LogP contribution in [0.5, 0.6) is 0 Å². The molecule has 0 aliphatic carbocycles. The van der Waals surface area contributed by atoms with Crippen LogP contribution in [-0.4, -0.2) is 54.8 Å². The highest BCUT2D eigenvalue weighted by molar-refractivity contribution is 5.95. The topological polar surface area (TPSA) is 108 Å². The van der Waals surface area contributed by atoms with Gasteiger partial charge in [0, 0.05) is 50.3 Å². The number of rotatable bonds is 5. The van der Waals surface area contributed by atoms with Gasteiger partial charge >= 0.3 is 0 Å². The maximum atomic E-state index is 12.3. The molecule has 2 aliphatic rings. The third-order valence-corrected chi connectivity index (χ3v) is 4.71. The summed E-state index contributed by atoms with van der Waals surface area (Å²) in [6.07, 6.45) is 1.58. The summed E-state index contributed by atoms with van der Waals surface area (Å²) in [5.41, 5.74) is 0.807. The SMILES string of the molecule is Cl.O=C(NCC1CNCC1O)c1ccc(N2CCCC2)c([N+](=O)[O-])c1. The number of amides is 1. The molecule has 9 heteroatoms. The van der Waals surface area contributed by atoms with Crippen molar-refractivity contribution >= 4 is 29.7 Å². The van der Waals surface area contributed by atoms with Gasteiger partial charge in [-0.2, -0.15) is 0 Å². The van der Waals surface area contributed by atoms with E-state index in [-0.39, 0.29) is 35.5 Å². The first kappa shape index (κ1) is 19.4. The molecule has 2 unspecified atom stereocenters. The van der Waals surface area contributed by atoms with Gasteiger partial charge in [0.1, 0.15) is 5.69 Å². The zero-order valence-electron chi connectivity index (χ0n) is 13.8. The summed E-state index contributed by atoms with van der Waals surface area (Å²) < 4.78 is 0. The number of nitrogens with one attached hydrogen (secondary N) is 2. The minimum absolute atomic E-state index is 0. The maximum absolute atomic E-state index is 12.3. The number of nitrogens with zero attached hydrogens (tertiary/aromatic N) is 2. The Labute approximate surface area is 152 Å². The number of hydrogen-bond donors (Lipinski definition) is 3. The van der Waals surface area contributed by atoms with Gasteiger partial charge in [-0.1, -0.05) is 0 Å². The number of carbonyl (C=O) groups excluding carboxylic acids is 1. The molecule has 0 radical (unpaired) electrons. The lowest BCUT2D eigenvalue weighted by Gasteiger charge is -2.18. The predicted octanol–water partition coefficient (Wildman–Crippen LogP) is 0.927. The lowest BCUT2D eigenvalue weighted by Crippen LogP contribution is -2.34. The van der Waals surface area contributed by atoms with Crippen LogP contribution < -0.4 is 15.5 Å². The summed E-state index contributed by atoms with van der Waals surface area (Å²) in [5.74, 6) is -0.391. The smallest absolute Gasteiger partial charge is 0.293 e. The average molecular weight is 371 g/mol. The Balaban J connectivity index is 0.00000225. The van der Waals surface area contributed by atoms with Gasteiger partial charge in [-0.3, -0.25) is 14.9 Å². The molecule has 0 saturated carbocycles. The van der Waals surface area contributed by atoms with Crippen molar-refractivity contribution in [2.45, 2.75) is 18.9 Å². The summed E-state index contributed by atoms with van der Waals surface area (Å²) in [6, 6.07) is 4.62. The highest BCUT2D eigenvalue weighted by Gasteiger charge is 2.26. The minimum atomic E-state index is -0.475. The lowest BCUT2D eigenvalue weighted by atomic mass is 10.1. The monoisotopic (exact) mass is 370 g/mol. The van der Waals surface area contributed by atoms with E-state index in [1.165, 1.54) is 6.07 Å². The highest BCUT2D eigenvalue weighted by atomic mass is 35.5. The van der Waals surface area contributed by atoms with Gasteiger partial charge in [0.15, 0.2) is 0 Å². The van der Waals surface area contributed by atoms with Crippen molar-refractivity contribution in [3.8, 4) is 0 Å². The Morgan fingerprint density at radius 3 is 2.68 bits per heavy atom. The standard InChI is InChI=1S/C16H22N4O4.ClH/c21-15-10-17-8-12(15)9-18-16(22)11-3-4-13(14(7-11)20(23)24)19-5-1-2-6-19;/h3-4,7,12,15,17,21H,1-2,5-6,8-10H2,(H,18,22);1H. The van der Waals surface area contributed by atoms with Crippen LogP contribution >= 0.6 is 12.4 Å². The fourth-order valence-electron chi connectivity index (χ4n) is 3.29. The van der Waals surface area contributed by atoms with E-state index in [0.29, 0.717) is 25.3 Å². The maximum Gasteiger partial charge on any atom is 0.293 e. The van der Waals surface area contributed by atoms with Crippen molar-refractivity contribution in [1.82, 2.24) is 10.6 Å². The molecule has 0 aromatic heterocycles. The van der Waals surface area contributed by atoms with E-state index in [9.17, 15) is 20.0 Å². The van der Waals surface area contributed by atoms with Crippen LogP contribution in [0.3, 0.4) is 0 Å². The summed E-state index contributed by atoms with van der Waals surface area (Å²) in [4.78, 5) is 25.2. The van der Waals surface area contributed by atoms with Crippen molar-refractivity contribution in [2.24, 2.45) is 5.92 Å². The normalized spacial score (nSPS) is 22.5. The number of benzene rings is 1. The predicted molar refractivity (Wildman–Crippen MR) is 96.5 cm³/mol. The van der Waals surface area contributed by atoms with E-state index in [1.807, 2.05) is 4.90 Å². The van der Waals surface area contributed by atoms with Crippen LogP contribution in [0.1, 0.15) is 23.2 Å². The first-order chi connectivity index (χ1) is 11.6. The Hall–Kier alpha value is -1.90. The number of carbonyl (C=O) groups is 1. The molecule has 1 aromatic carbocycles. The molecular formula is C16H23ClN4O4. The number of anilines is 1. The molecule has 2 fully saturated rings. The molecule has 2 atom stereocenters. The molecule has 2 heterocycles. The zero-order valence-corrected chi connectivity index (χ0v) is 14.6. The van der Waals surface area contributed by atoms with Gasteiger partial charge in [0.2, 0.25) is 0 Å². The summed E-state index contributed by atoms with van der Waals surface area (Å²) in [5, 5.41) is 26.9. The quantitative estimate of drug-likeness (QED) is 0.525. The van der Waals surface area contributed by atoms with Crippen molar-refractivity contribution in [3.05, 3.63) is 33.9 Å². The van der Waals surface area contributed by atoms with Crippen LogP contribution in [0, 0.1) is 16.0 Å². The van der Waals surface area contributed by atoms with Gasteiger partial charge in [-0.15, -0.1) is 12.4 Å². The van der Waals surface area contributed by atoms with E-state index in [1.54, 1.807) is 12.1 Å². The third kappa shape index (κ3) is 4.39. The summed E-state index contributed by atoms with van der Waals surface area (Å²) in [7, 11) is 0. The zero-order chi connectivity index (χ0) is 17.1. The number of nitro groups is 1. The van der Waals surface area contributed by atoms with Crippen LogP contribution in [0.4, 0.5) is 11.4 Å². The fourth-order valence-corrected chi connectivity index (χ4v) is 3.29. The molecule has 3 rings (SSSR count). The second kappa shape index (κ2) is 8.46. The number of halogens is 1. The van der Waals surface area contributed by atoms with Crippen LogP contribution in [-0.2, 0) is 0 Å². The number of aliphatic hydroxyl groups excluding tert-OH is 1. The lowest BCUT2D eigenvalue weighted by molar-refractivity contribution is -0.384. The van der Waals surface area contributed by atoms with E-state index in [0.717, 1.165) is 25.9 Å². The van der Waals surface area contributed by atoms with Crippen molar-refractivity contribution in [3.63, 3.8) is 0 Å². The largest absolute Gasteiger partial charge is 0.391 e. The van der Waals surface area contributed by atoms with Gasteiger partial charge in [0.05, 0.1) is 11.0 Å². The molecule has 25 heavy (non-hydrogen) atoms. The van der Waals surface area contributed by atoms with Gasteiger partial charge < -0.3 is 20.6 Å². The molecule has 1 aromatic rings. The molecule has 3 N–H and O–H groups in total. The van der Waals surface area contributed by atoms with E-state index < -0.39 is 11.0 Å². The minimum Gasteiger partial charge on any atom is -0.391 e. The third-order valence-electron chi connectivity index (χ3n) is 4.71. The molecule has 8 nitrogen and oxygen atoms in total. The molecule has 0 spiro atoms. The van der Waals surface area contributed by atoms with Gasteiger partial charge in [-0.25, -0.2) is 0 Å². The number of β-amino-alcohol motifs (C(OH)–C–C–N with tert-alkyl or cyclic N) is 1. The first-order valence-corrected chi connectivity index (χ1v) is 8.26. The first-order valence-electron chi connectivity index (χ1n) is 8.26. The average Bonchev–Trinajstić information content (AvgIpc) is 3.23. The Bertz CT molecular complexity index is 637. The highest BCUT2D eigenvalue weighted by Crippen LogP contribution is 2.31. The molecule has 138 valence electrons. The molecule has 2 saturated heterocycles. The van der Waals surface area contributed by atoms with Crippen LogP contribution in [0.15, 0.2) is 18.2 Å². The van der Waals surface area contributed by atoms with Crippen LogP contribution in [0.2, 0.25) is 0 Å². The van der Waals surface area contributed by atoms with Gasteiger partial charge in [0.25, 0.3) is 11.6 Å². The van der Waals surface area contributed by atoms with Crippen molar-refractivity contribution < 1.29 is 14.8 Å². The molecule has 1 amide bonds. The number of aliphatic hydroxyl groups is 1. The Kier molecular flexibility index (Phi) is 6.57.